The lowest BCUT2D eigenvalue weighted by molar-refractivity contribution is 0.625. The molecule has 0 saturated carbocycles. The molecule has 1 aliphatic rings. The monoisotopic (exact) mass is 403 g/mol. The third-order valence-corrected chi connectivity index (χ3v) is 5.61. The van der Waals surface area contributed by atoms with Gasteiger partial charge in [-0.05, 0) is 44.2 Å². The maximum Gasteiger partial charge on any atom is 0.225 e. The Morgan fingerprint density at radius 2 is 1.57 bits per heavy atom. The van der Waals surface area contributed by atoms with Gasteiger partial charge >= 0.3 is 0 Å². The second-order valence-electron chi connectivity index (χ2n) is 7.48. The number of hydrogen-bond donors (Lipinski definition) is 0. The van der Waals surface area contributed by atoms with Crippen molar-refractivity contribution in [3.63, 3.8) is 0 Å². The van der Waals surface area contributed by atoms with E-state index in [-0.39, 0.29) is 5.82 Å². The topological polar surface area (TPSA) is 62.5 Å². The zero-order valence-electron chi connectivity index (χ0n) is 17.0. The number of hydrogen-bond acceptors (Lipinski definition) is 6. The van der Waals surface area contributed by atoms with Crippen LogP contribution in [0.15, 0.2) is 48.8 Å². The van der Waals surface area contributed by atoms with Crippen molar-refractivity contribution in [2.45, 2.75) is 13.8 Å². The molecule has 0 amide bonds. The van der Waals surface area contributed by atoms with Gasteiger partial charge in [0.15, 0.2) is 5.65 Å². The standard InChI is InChI=1S/C22H22FN7/c1-15-16(2)26-20-14-19(17-4-6-18(23)7-5-17)27-30(20)21(15)28-10-12-29(13-11-28)22-24-8-3-9-25-22/h3-9,14H,10-13H2,1-2H3. The summed E-state index contributed by atoms with van der Waals surface area (Å²) in [7, 11) is 0. The van der Waals surface area contributed by atoms with Gasteiger partial charge in [-0.2, -0.15) is 9.61 Å². The average Bonchev–Trinajstić information content (AvgIpc) is 3.19. The quantitative estimate of drug-likeness (QED) is 0.523. The molecule has 0 spiro atoms. The summed E-state index contributed by atoms with van der Waals surface area (Å²) in [5.74, 6) is 1.57. The van der Waals surface area contributed by atoms with Crippen molar-refractivity contribution in [1.82, 2.24) is 24.6 Å². The molecule has 0 aliphatic carbocycles. The second-order valence-corrected chi connectivity index (χ2v) is 7.48. The molecule has 0 radical (unpaired) electrons. The van der Waals surface area contributed by atoms with Crippen LogP contribution >= 0.6 is 0 Å². The lowest BCUT2D eigenvalue weighted by Gasteiger charge is -2.36. The van der Waals surface area contributed by atoms with E-state index >= 15 is 0 Å². The highest BCUT2D eigenvalue weighted by molar-refractivity contribution is 5.67. The summed E-state index contributed by atoms with van der Waals surface area (Å²) < 4.78 is 15.2. The van der Waals surface area contributed by atoms with Crippen molar-refractivity contribution in [1.29, 1.82) is 0 Å². The molecule has 0 unspecified atom stereocenters. The van der Waals surface area contributed by atoms with Crippen LogP contribution < -0.4 is 9.80 Å². The number of aryl methyl sites for hydroxylation is 1. The molecule has 0 N–H and O–H groups in total. The molecule has 7 nitrogen and oxygen atoms in total. The normalized spacial score (nSPS) is 14.5. The zero-order valence-corrected chi connectivity index (χ0v) is 17.0. The first-order valence-corrected chi connectivity index (χ1v) is 10.00. The zero-order chi connectivity index (χ0) is 20.7. The summed E-state index contributed by atoms with van der Waals surface area (Å²) in [6.07, 6.45) is 3.55. The molecular formula is C22H22FN7. The van der Waals surface area contributed by atoms with Gasteiger partial charge in [0.25, 0.3) is 0 Å². The first-order valence-electron chi connectivity index (χ1n) is 10.00. The van der Waals surface area contributed by atoms with Crippen LogP contribution in [0.25, 0.3) is 16.9 Å². The number of aromatic nitrogens is 5. The molecule has 30 heavy (non-hydrogen) atoms. The van der Waals surface area contributed by atoms with Crippen LogP contribution in [0.1, 0.15) is 11.3 Å². The fraction of sp³-hybridized carbons (Fsp3) is 0.273. The molecular weight excluding hydrogens is 381 g/mol. The third-order valence-electron chi connectivity index (χ3n) is 5.61. The van der Waals surface area contributed by atoms with Crippen molar-refractivity contribution in [2.75, 3.05) is 36.0 Å². The van der Waals surface area contributed by atoms with Crippen LogP contribution in [0.5, 0.6) is 0 Å². The molecule has 0 bridgehead atoms. The van der Waals surface area contributed by atoms with Crippen LogP contribution in [-0.4, -0.2) is 50.7 Å². The number of benzene rings is 1. The van der Waals surface area contributed by atoms with Gasteiger partial charge in [-0.15, -0.1) is 0 Å². The van der Waals surface area contributed by atoms with E-state index in [2.05, 4.69) is 26.7 Å². The molecule has 1 fully saturated rings. The number of rotatable bonds is 3. The van der Waals surface area contributed by atoms with Crippen LogP contribution in [0.4, 0.5) is 16.2 Å². The molecule has 152 valence electrons. The second kappa shape index (κ2) is 7.37. The Bertz CT molecular complexity index is 1180. The first kappa shape index (κ1) is 18.5. The molecule has 3 aromatic heterocycles. The van der Waals surface area contributed by atoms with Crippen LogP contribution in [0.3, 0.4) is 0 Å². The Morgan fingerprint density at radius 1 is 0.900 bits per heavy atom. The summed E-state index contributed by atoms with van der Waals surface area (Å²) in [6, 6.07) is 10.2. The van der Waals surface area contributed by atoms with E-state index in [1.54, 1.807) is 24.5 Å². The average molecular weight is 403 g/mol. The maximum atomic E-state index is 13.3. The van der Waals surface area contributed by atoms with Crippen LogP contribution in [0, 0.1) is 19.7 Å². The van der Waals surface area contributed by atoms with Crippen LogP contribution in [0.2, 0.25) is 0 Å². The molecule has 1 aliphatic heterocycles. The Labute approximate surface area is 173 Å². The SMILES string of the molecule is Cc1nc2cc(-c3ccc(F)cc3)nn2c(N2CCN(c3ncccn3)CC2)c1C. The minimum atomic E-state index is -0.256. The smallest absolute Gasteiger partial charge is 0.225 e. The lowest BCUT2D eigenvalue weighted by Crippen LogP contribution is -2.48. The van der Waals surface area contributed by atoms with E-state index in [1.165, 1.54) is 12.1 Å². The Morgan fingerprint density at radius 3 is 2.27 bits per heavy atom. The predicted molar refractivity (Wildman–Crippen MR) is 114 cm³/mol. The molecule has 8 heteroatoms. The highest BCUT2D eigenvalue weighted by Crippen LogP contribution is 2.28. The van der Waals surface area contributed by atoms with E-state index in [0.717, 1.165) is 66.1 Å². The van der Waals surface area contributed by atoms with Gasteiger partial charge in [0.2, 0.25) is 5.95 Å². The molecule has 0 atom stereocenters. The van der Waals surface area contributed by atoms with E-state index in [9.17, 15) is 4.39 Å². The van der Waals surface area contributed by atoms with Crippen molar-refractivity contribution < 1.29 is 4.39 Å². The Balaban J connectivity index is 1.49. The van der Waals surface area contributed by atoms with E-state index in [4.69, 9.17) is 10.1 Å². The first-order chi connectivity index (χ1) is 14.6. The Hall–Kier alpha value is -3.55. The number of piperazine rings is 1. The highest BCUT2D eigenvalue weighted by Gasteiger charge is 2.24. The van der Waals surface area contributed by atoms with Crippen molar-refractivity contribution >= 4 is 17.4 Å². The van der Waals surface area contributed by atoms with Gasteiger partial charge in [-0.25, -0.2) is 19.3 Å². The minimum Gasteiger partial charge on any atom is -0.353 e. The van der Waals surface area contributed by atoms with E-state index in [1.807, 2.05) is 23.6 Å². The number of nitrogens with zero attached hydrogens (tertiary/aromatic N) is 7. The minimum absolute atomic E-state index is 0.256. The molecule has 5 rings (SSSR count). The summed E-state index contributed by atoms with van der Waals surface area (Å²) >= 11 is 0. The van der Waals surface area contributed by atoms with E-state index in [0.29, 0.717) is 0 Å². The summed E-state index contributed by atoms with van der Waals surface area (Å²) in [5.41, 5.74) is 4.54. The van der Waals surface area contributed by atoms with Gasteiger partial charge in [0, 0.05) is 61.5 Å². The molecule has 1 aromatic carbocycles. The summed E-state index contributed by atoms with van der Waals surface area (Å²) in [6.45, 7) is 7.45. The molecule has 4 heterocycles. The summed E-state index contributed by atoms with van der Waals surface area (Å²) in [5, 5.41) is 4.82. The lowest BCUT2D eigenvalue weighted by atomic mass is 10.1. The van der Waals surface area contributed by atoms with Crippen molar-refractivity contribution in [3.8, 4) is 11.3 Å². The number of anilines is 2. The maximum absolute atomic E-state index is 13.3. The molecule has 1 saturated heterocycles. The Kier molecular flexibility index (Phi) is 4.54. The largest absolute Gasteiger partial charge is 0.353 e. The van der Waals surface area contributed by atoms with Crippen molar-refractivity contribution in [2.24, 2.45) is 0 Å². The van der Waals surface area contributed by atoms with Gasteiger partial charge in [-0.1, -0.05) is 0 Å². The highest BCUT2D eigenvalue weighted by atomic mass is 19.1. The molecule has 4 aromatic rings. The van der Waals surface area contributed by atoms with Crippen LogP contribution in [-0.2, 0) is 0 Å². The van der Waals surface area contributed by atoms with E-state index < -0.39 is 0 Å². The van der Waals surface area contributed by atoms with Gasteiger partial charge in [0.1, 0.15) is 11.6 Å². The third kappa shape index (κ3) is 3.24. The fourth-order valence-electron chi connectivity index (χ4n) is 3.89. The van der Waals surface area contributed by atoms with Gasteiger partial charge in [-0.3, -0.25) is 0 Å². The fourth-order valence-corrected chi connectivity index (χ4v) is 3.89. The predicted octanol–water partition coefficient (Wildman–Crippen LogP) is 3.27. The number of fused-ring (bicyclic) bond motifs is 1. The summed E-state index contributed by atoms with van der Waals surface area (Å²) in [4.78, 5) is 18.0. The van der Waals surface area contributed by atoms with Crippen molar-refractivity contribution in [3.05, 3.63) is 65.9 Å². The number of halogens is 1. The van der Waals surface area contributed by atoms with Gasteiger partial charge in [0.05, 0.1) is 5.69 Å². The van der Waals surface area contributed by atoms with Gasteiger partial charge < -0.3 is 9.80 Å².